The second kappa shape index (κ2) is 10.0. The van der Waals surface area contributed by atoms with Gasteiger partial charge in [0, 0.05) is 0 Å². The van der Waals surface area contributed by atoms with E-state index >= 15 is 0 Å². The van der Waals surface area contributed by atoms with Crippen LogP contribution in [-0.2, 0) is 15.6 Å². The van der Waals surface area contributed by atoms with Crippen LogP contribution in [0.4, 0.5) is 13.2 Å². The van der Waals surface area contributed by atoms with Crippen LogP contribution in [0.1, 0.15) is 0 Å². The van der Waals surface area contributed by atoms with E-state index < -0.39 is 6.08 Å². The average molecular weight is 314 g/mol. The van der Waals surface area contributed by atoms with Crippen molar-refractivity contribution in [2.24, 2.45) is 0 Å². The van der Waals surface area contributed by atoms with E-state index in [1.165, 1.54) is 0 Å². The van der Waals surface area contributed by atoms with Gasteiger partial charge >= 0.3 is 35.1 Å². The van der Waals surface area contributed by atoms with Gasteiger partial charge in [-0.2, -0.15) is 0 Å². The Hall–Kier alpha value is 0.922. The Bertz CT molecular complexity index is 50.9. The molecule has 0 aromatic rings. The first-order valence-corrected chi connectivity index (χ1v) is 5.56. The van der Waals surface area contributed by atoms with Crippen molar-refractivity contribution < 1.29 is 28.8 Å². The predicted molar refractivity (Wildman–Crippen MR) is 24.1 cm³/mol. The van der Waals surface area contributed by atoms with Crippen molar-refractivity contribution in [2.45, 2.75) is 0 Å². The summed E-state index contributed by atoms with van der Waals surface area (Å²) in [6, 6.07) is 0. The Morgan fingerprint density at radius 2 is 1.57 bits per heavy atom. The molecule has 0 aliphatic rings. The fourth-order valence-corrected chi connectivity index (χ4v) is 0. The van der Waals surface area contributed by atoms with Crippen molar-refractivity contribution >= 4 is 19.5 Å². The average Bonchev–Trinajstić information content (AvgIpc) is 1.73. The van der Waals surface area contributed by atoms with Gasteiger partial charge in [-0.15, -0.1) is 0 Å². The van der Waals surface area contributed by atoms with Gasteiger partial charge in [0.25, 0.3) is 0 Å². The molecule has 0 aliphatic heterocycles. The third kappa shape index (κ3) is 19.6. The molecule has 0 amide bonds. The summed E-state index contributed by atoms with van der Waals surface area (Å²) in [5, 5.41) is 0. The van der Waals surface area contributed by atoms with Gasteiger partial charge in [-0.1, -0.05) is 0 Å². The molecule has 0 saturated heterocycles. The SMILES string of the molecule is F[C-]=C(F)F.[Pd+][I]. The van der Waals surface area contributed by atoms with Crippen LogP contribution in [0.3, 0.4) is 0 Å². The molecule has 0 fully saturated rings. The normalized spacial score (nSPS) is 6.00. The zero-order valence-electron chi connectivity index (χ0n) is 2.83. The van der Waals surface area contributed by atoms with E-state index in [2.05, 4.69) is 15.6 Å². The predicted octanol–water partition coefficient (Wildman–Crippen LogP) is 2.38. The van der Waals surface area contributed by atoms with Gasteiger partial charge in [0.05, 0.1) is 0 Å². The first-order chi connectivity index (χ1) is 3.27. The Balaban J connectivity index is 0. The Kier molecular flexibility index (Phi) is 15.5. The molecule has 0 N–H and O–H groups in total. The van der Waals surface area contributed by atoms with Gasteiger partial charge in [-0.25, -0.2) is 15.1 Å². The van der Waals surface area contributed by atoms with Gasteiger partial charge in [-0.05, 0) is 0 Å². The van der Waals surface area contributed by atoms with Gasteiger partial charge in [0.2, 0.25) is 0 Å². The van der Waals surface area contributed by atoms with E-state index in [4.69, 9.17) is 0 Å². The van der Waals surface area contributed by atoms with Crippen LogP contribution in [0.5, 0.6) is 0 Å². The fraction of sp³-hybridized carbons (Fsp3) is 0. The summed E-state index contributed by atoms with van der Waals surface area (Å²) in [5.41, 5.74) is 0. The molecule has 0 rings (SSSR count). The first kappa shape index (κ1) is 10.8. The van der Waals surface area contributed by atoms with Gasteiger partial charge in [0.15, 0.2) is 0 Å². The van der Waals surface area contributed by atoms with Crippen molar-refractivity contribution in [3.63, 3.8) is 0 Å². The molecule has 0 saturated carbocycles. The molecule has 0 aliphatic carbocycles. The van der Waals surface area contributed by atoms with E-state index in [1.807, 2.05) is 19.5 Å². The van der Waals surface area contributed by atoms with Crippen molar-refractivity contribution in [3.8, 4) is 0 Å². The van der Waals surface area contributed by atoms with Crippen LogP contribution in [0.25, 0.3) is 0 Å². The molecule has 7 heavy (non-hydrogen) atoms. The van der Waals surface area contributed by atoms with Crippen LogP contribution in [0.15, 0.2) is 6.08 Å². The first-order valence-electron chi connectivity index (χ1n) is 0.936. The minimum absolute atomic E-state index is 0.111. The summed E-state index contributed by atoms with van der Waals surface area (Å²) < 4.78 is 30.5. The fourth-order valence-electron chi connectivity index (χ4n) is 0. The topological polar surface area (TPSA) is 0 Å². The van der Waals surface area contributed by atoms with Crippen molar-refractivity contribution in [2.75, 3.05) is 0 Å². The monoisotopic (exact) mass is 314 g/mol. The number of rotatable bonds is 0. The van der Waals surface area contributed by atoms with Crippen molar-refractivity contribution in [3.05, 3.63) is 12.4 Å². The number of hydrogen-bond donors (Lipinski definition) is 0. The molecule has 0 bridgehead atoms. The maximum absolute atomic E-state index is 10.2. The standard InChI is InChI=1S/C2F3.HI.Pd/c3-1-2(4)5;;/h;1H;/q-1;;+2/p-1. The second-order valence-electron chi connectivity index (χ2n) is 0.355. The Morgan fingerprint density at radius 1 is 1.43 bits per heavy atom. The van der Waals surface area contributed by atoms with Crippen LogP contribution in [0.2, 0.25) is 0 Å². The van der Waals surface area contributed by atoms with Gasteiger partial charge in [-0.3, -0.25) is 0 Å². The number of hydrogen-bond acceptors (Lipinski definition) is 0. The summed E-state index contributed by atoms with van der Waals surface area (Å²) in [6.07, 6.45) is -2.30. The molecule has 0 atom stereocenters. The molecule has 0 aromatic heterocycles. The van der Waals surface area contributed by atoms with Crippen molar-refractivity contribution in [1.29, 1.82) is 0 Å². The van der Waals surface area contributed by atoms with Crippen LogP contribution >= 0.6 is 19.5 Å². The summed E-state index contributed by atoms with van der Waals surface area (Å²) in [7, 11) is 0. The maximum atomic E-state index is 10.2. The van der Waals surface area contributed by atoms with Crippen LogP contribution in [-0.4, -0.2) is 0 Å². The van der Waals surface area contributed by atoms with Gasteiger partial charge in [0.1, 0.15) is 6.08 Å². The Labute approximate surface area is 60.5 Å². The molecule has 0 nitrogen and oxygen atoms in total. The van der Waals surface area contributed by atoms with Crippen molar-refractivity contribution in [1.82, 2.24) is 0 Å². The van der Waals surface area contributed by atoms with E-state index in [1.54, 1.807) is 0 Å². The van der Waals surface area contributed by atoms with Crippen LogP contribution in [0, 0.1) is 6.33 Å². The molecule has 46 valence electrons. The Morgan fingerprint density at radius 3 is 1.57 bits per heavy atom. The molecular weight excluding hydrogens is 314 g/mol. The third-order valence-corrected chi connectivity index (χ3v) is 0.0714. The van der Waals surface area contributed by atoms with E-state index in [9.17, 15) is 13.2 Å². The summed E-state index contributed by atoms with van der Waals surface area (Å²) in [6.45, 7) is 0. The summed E-state index contributed by atoms with van der Waals surface area (Å²) in [5.74, 6) is 0. The molecule has 0 heterocycles. The van der Waals surface area contributed by atoms with E-state index in [-0.39, 0.29) is 6.33 Å². The number of halogens is 4. The van der Waals surface area contributed by atoms with E-state index in [0.717, 1.165) is 0 Å². The zero-order chi connectivity index (χ0) is 6.28. The minimum atomic E-state index is -2.41. The third-order valence-electron chi connectivity index (χ3n) is 0.0714. The van der Waals surface area contributed by atoms with E-state index in [0.29, 0.717) is 0 Å². The van der Waals surface area contributed by atoms with Crippen LogP contribution < -0.4 is 0 Å². The molecular formula is C2F3IPd. The molecule has 0 spiro atoms. The molecule has 5 heteroatoms. The summed E-state index contributed by atoms with van der Waals surface area (Å²) >= 11 is 4.72. The summed E-state index contributed by atoms with van der Waals surface area (Å²) in [4.78, 5) is 0. The molecule has 0 aromatic carbocycles. The molecule has 0 unspecified atom stereocenters. The van der Waals surface area contributed by atoms with Gasteiger partial charge < -0.3 is 4.39 Å². The second-order valence-corrected chi connectivity index (χ2v) is 0.355. The zero-order valence-corrected chi connectivity index (χ0v) is 6.54. The quantitative estimate of drug-likeness (QED) is 0.366. The molecule has 0 radical (unpaired) electrons.